The number of Topliss-reactive ketones (excluding diaryl/α,β-unsaturated/α-hetero) is 1. The van der Waals surface area contributed by atoms with E-state index in [0.29, 0.717) is 22.6 Å². The van der Waals surface area contributed by atoms with Crippen LogP contribution in [0.15, 0.2) is 17.5 Å². The molecule has 1 aromatic heterocycles. The van der Waals surface area contributed by atoms with Gasteiger partial charge in [-0.1, -0.05) is 6.07 Å². The van der Waals surface area contributed by atoms with E-state index in [1.165, 1.54) is 30.6 Å². The SMILES string of the molecule is C[C@@H](OC(=O)CCNC(=O)c1cccs1)C(=O)C12CC3CC(CC(C3)C1)C2. The maximum atomic E-state index is 13.1. The number of thiophene rings is 1. The zero-order valence-corrected chi connectivity index (χ0v) is 16.6. The van der Waals surface area contributed by atoms with E-state index < -0.39 is 12.1 Å². The average molecular weight is 390 g/mol. The molecule has 0 spiro atoms. The fourth-order valence-electron chi connectivity index (χ4n) is 5.93. The predicted octanol–water partition coefficient (Wildman–Crippen LogP) is 3.59. The van der Waals surface area contributed by atoms with Crippen LogP contribution >= 0.6 is 11.3 Å². The van der Waals surface area contributed by atoms with Gasteiger partial charge in [0, 0.05) is 12.0 Å². The Morgan fingerprint density at radius 1 is 1.19 bits per heavy atom. The van der Waals surface area contributed by atoms with Gasteiger partial charge in [-0.15, -0.1) is 11.3 Å². The van der Waals surface area contributed by atoms with Crippen LogP contribution in [0, 0.1) is 23.2 Å². The van der Waals surface area contributed by atoms with Crippen molar-refractivity contribution < 1.29 is 19.1 Å². The summed E-state index contributed by atoms with van der Waals surface area (Å²) in [6.45, 7) is 1.93. The fraction of sp³-hybridized carbons (Fsp3) is 0.667. The van der Waals surface area contributed by atoms with Crippen molar-refractivity contribution in [1.29, 1.82) is 0 Å². The predicted molar refractivity (Wildman–Crippen MR) is 102 cm³/mol. The Kier molecular flexibility index (Phi) is 5.10. The molecule has 0 aliphatic heterocycles. The molecule has 4 saturated carbocycles. The number of esters is 1. The lowest BCUT2D eigenvalue weighted by molar-refractivity contribution is -0.164. The number of nitrogens with one attached hydrogen (secondary N) is 1. The first-order valence-electron chi connectivity index (χ1n) is 10.0. The molecule has 5 nitrogen and oxygen atoms in total. The van der Waals surface area contributed by atoms with Gasteiger partial charge in [0.05, 0.1) is 11.3 Å². The molecule has 0 aromatic carbocycles. The molecule has 4 aliphatic rings. The summed E-state index contributed by atoms with van der Waals surface area (Å²) >= 11 is 1.36. The number of carbonyl (C=O) groups is 3. The van der Waals surface area contributed by atoms with Crippen molar-refractivity contribution in [3.05, 3.63) is 22.4 Å². The number of ether oxygens (including phenoxy) is 1. The summed E-state index contributed by atoms with van der Waals surface area (Å²) in [6.07, 6.45) is 6.18. The highest BCUT2D eigenvalue weighted by molar-refractivity contribution is 7.12. The molecule has 4 fully saturated rings. The minimum atomic E-state index is -0.693. The van der Waals surface area contributed by atoms with E-state index in [1.807, 2.05) is 11.4 Å². The van der Waals surface area contributed by atoms with Gasteiger partial charge in [0.1, 0.15) is 0 Å². The molecule has 1 amide bonds. The van der Waals surface area contributed by atoms with Crippen LogP contribution in [-0.4, -0.2) is 30.3 Å². The summed E-state index contributed by atoms with van der Waals surface area (Å²) in [6, 6.07) is 3.55. The monoisotopic (exact) mass is 389 g/mol. The Morgan fingerprint density at radius 3 is 2.37 bits per heavy atom. The van der Waals surface area contributed by atoms with Gasteiger partial charge in [-0.25, -0.2) is 0 Å². The minimum absolute atomic E-state index is 0.0790. The van der Waals surface area contributed by atoms with Gasteiger partial charge >= 0.3 is 5.97 Å². The number of hydrogen-bond acceptors (Lipinski definition) is 5. The highest BCUT2D eigenvalue weighted by atomic mass is 32.1. The first kappa shape index (κ1) is 18.7. The quantitative estimate of drug-likeness (QED) is 0.724. The van der Waals surface area contributed by atoms with E-state index in [0.717, 1.165) is 19.3 Å². The van der Waals surface area contributed by atoms with Gasteiger partial charge in [-0.2, -0.15) is 0 Å². The third-order valence-electron chi connectivity index (χ3n) is 6.60. The summed E-state index contributed by atoms with van der Waals surface area (Å²) in [7, 11) is 0. The van der Waals surface area contributed by atoms with Gasteiger partial charge in [-0.05, 0) is 74.6 Å². The molecular weight excluding hydrogens is 362 g/mol. The van der Waals surface area contributed by atoms with Crippen molar-refractivity contribution in [2.24, 2.45) is 23.2 Å². The third kappa shape index (κ3) is 3.82. The molecular formula is C21H27NO4S. The highest BCUT2D eigenvalue weighted by Crippen LogP contribution is 2.60. The van der Waals surface area contributed by atoms with Crippen molar-refractivity contribution >= 4 is 29.0 Å². The van der Waals surface area contributed by atoms with Crippen LogP contribution < -0.4 is 5.32 Å². The van der Waals surface area contributed by atoms with E-state index in [9.17, 15) is 14.4 Å². The third-order valence-corrected chi connectivity index (χ3v) is 7.47. The second-order valence-electron chi connectivity index (χ2n) is 8.68. The van der Waals surface area contributed by atoms with Crippen LogP contribution in [0.5, 0.6) is 0 Å². The summed E-state index contributed by atoms with van der Waals surface area (Å²) < 4.78 is 5.44. The smallest absolute Gasteiger partial charge is 0.308 e. The first-order chi connectivity index (χ1) is 12.9. The van der Waals surface area contributed by atoms with Crippen LogP contribution in [0.25, 0.3) is 0 Å². The molecule has 0 radical (unpaired) electrons. The molecule has 1 aromatic rings. The highest BCUT2D eigenvalue weighted by Gasteiger charge is 2.55. The van der Waals surface area contributed by atoms with Gasteiger partial charge in [0.2, 0.25) is 0 Å². The summed E-state index contributed by atoms with van der Waals surface area (Å²) in [5.74, 6) is 1.59. The topological polar surface area (TPSA) is 72.5 Å². The largest absolute Gasteiger partial charge is 0.455 e. The molecule has 5 rings (SSSR count). The Morgan fingerprint density at radius 2 is 1.81 bits per heavy atom. The normalized spacial score (nSPS) is 32.1. The van der Waals surface area contributed by atoms with Gasteiger partial charge in [0.25, 0.3) is 5.91 Å². The van der Waals surface area contributed by atoms with Crippen molar-refractivity contribution in [2.45, 2.75) is 58.0 Å². The van der Waals surface area contributed by atoms with Crippen molar-refractivity contribution in [2.75, 3.05) is 6.54 Å². The minimum Gasteiger partial charge on any atom is -0.455 e. The Hall–Kier alpha value is -1.69. The summed E-state index contributed by atoms with van der Waals surface area (Å²) in [4.78, 5) is 37.7. The Balaban J connectivity index is 1.26. The zero-order chi connectivity index (χ0) is 19.0. The summed E-state index contributed by atoms with van der Waals surface area (Å²) in [5, 5.41) is 4.55. The number of carbonyl (C=O) groups excluding carboxylic acids is 3. The van der Waals surface area contributed by atoms with Crippen LogP contribution in [0.2, 0.25) is 0 Å². The van der Waals surface area contributed by atoms with Crippen molar-refractivity contribution in [1.82, 2.24) is 5.32 Å². The van der Waals surface area contributed by atoms with E-state index in [1.54, 1.807) is 13.0 Å². The van der Waals surface area contributed by atoms with Crippen LogP contribution in [0.1, 0.15) is 61.5 Å². The molecule has 0 unspecified atom stereocenters. The number of ketones is 1. The van der Waals surface area contributed by atoms with Crippen molar-refractivity contribution in [3.63, 3.8) is 0 Å². The standard InChI is InChI=1S/C21H27NO4S/c1-13(26-18(23)4-5-22-20(25)17-3-2-6-27-17)19(24)21-10-14-7-15(11-21)9-16(8-14)12-21/h2-3,6,13-16H,4-5,7-12H2,1H3,(H,22,25)/t13-,14?,15?,16?,21?/m1/s1. The lowest BCUT2D eigenvalue weighted by Gasteiger charge is -2.56. The second kappa shape index (κ2) is 7.38. The van der Waals surface area contributed by atoms with Crippen molar-refractivity contribution in [3.8, 4) is 0 Å². The van der Waals surface area contributed by atoms with Crippen LogP contribution in [-0.2, 0) is 14.3 Å². The molecule has 6 heteroatoms. The zero-order valence-electron chi connectivity index (χ0n) is 15.7. The van der Waals surface area contributed by atoms with E-state index >= 15 is 0 Å². The Labute approximate surface area is 163 Å². The molecule has 0 saturated heterocycles. The molecule has 1 N–H and O–H groups in total. The maximum absolute atomic E-state index is 13.1. The lowest BCUT2D eigenvalue weighted by Crippen LogP contribution is -2.52. The molecule has 1 atom stereocenters. The van der Waals surface area contributed by atoms with Crippen LogP contribution in [0.3, 0.4) is 0 Å². The second-order valence-corrected chi connectivity index (χ2v) is 9.63. The molecule has 4 aliphatic carbocycles. The average Bonchev–Trinajstić information content (AvgIpc) is 3.14. The number of rotatable bonds is 7. The molecule has 27 heavy (non-hydrogen) atoms. The number of amides is 1. The Bertz CT molecular complexity index is 691. The van der Waals surface area contributed by atoms with E-state index in [-0.39, 0.29) is 30.1 Å². The van der Waals surface area contributed by atoms with Crippen LogP contribution in [0.4, 0.5) is 0 Å². The summed E-state index contributed by atoms with van der Waals surface area (Å²) in [5.41, 5.74) is -0.248. The molecule has 1 heterocycles. The molecule has 146 valence electrons. The molecule has 4 bridgehead atoms. The van der Waals surface area contributed by atoms with E-state index in [4.69, 9.17) is 4.74 Å². The van der Waals surface area contributed by atoms with Gasteiger partial charge in [-0.3, -0.25) is 14.4 Å². The van der Waals surface area contributed by atoms with Gasteiger partial charge < -0.3 is 10.1 Å². The first-order valence-corrected chi connectivity index (χ1v) is 10.9. The van der Waals surface area contributed by atoms with E-state index in [2.05, 4.69) is 5.32 Å². The lowest BCUT2D eigenvalue weighted by atomic mass is 9.48. The fourth-order valence-corrected chi connectivity index (χ4v) is 6.57. The number of hydrogen-bond donors (Lipinski definition) is 1. The van der Waals surface area contributed by atoms with Gasteiger partial charge in [0.15, 0.2) is 11.9 Å². The maximum Gasteiger partial charge on any atom is 0.308 e.